The monoisotopic (exact) mass is 428 g/mol. The zero-order chi connectivity index (χ0) is 21.6. The van der Waals surface area contributed by atoms with Crippen LogP contribution in [0.2, 0.25) is 0 Å². The summed E-state index contributed by atoms with van der Waals surface area (Å²) in [6, 6.07) is 7.93. The molecule has 170 valence electrons. The first kappa shape index (κ1) is 23.6. The minimum Gasteiger partial charge on any atom is -0.465 e. The minimum absolute atomic E-state index is 0.122. The number of hydrogen-bond donors (Lipinski definition) is 0. The summed E-state index contributed by atoms with van der Waals surface area (Å²) in [5, 5.41) is 0. The van der Waals surface area contributed by atoms with Gasteiger partial charge in [0.05, 0.1) is 19.8 Å². The van der Waals surface area contributed by atoms with Crippen LogP contribution in [-0.2, 0) is 20.6 Å². The van der Waals surface area contributed by atoms with E-state index >= 15 is 0 Å². The average Bonchev–Trinajstić information content (AvgIpc) is 2.82. The number of hydrogen-bond acceptors (Lipinski definition) is 6. The van der Waals surface area contributed by atoms with E-state index in [1.807, 2.05) is 43.6 Å². The Morgan fingerprint density at radius 3 is 2.42 bits per heavy atom. The van der Waals surface area contributed by atoms with Gasteiger partial charge in [-0.15, -0.1) is 0 Å². The lowest BCUT2D eigenvalue weighted by atomic mass is 10.1. The Labute approximate surface area is 186 Å². The van der Waals surface area contributed by atoms with E-state index in [2.05, 4.69) is 9.97 Å². The highest BCUT2D eigenvalue weighted by atomic mass is 16.7. The number of aromatic nitrogens is 2. The highest BCUT2D eigenvalue weighted by Gasteiger charge is 2.15. The van der Waals surface area contributed by atoms with Crippen molar-refractivity contribution >= 4 is 0 Å². The molecule has 3 rings (SSSR count). The van der Waals surface area contributed by atoms with Crippen molar-refractivity contribution in [1.82, 2.24) is 9.97 Å². The third kappa shape index (κ3) is 8.93. The van der Waals surface area contributed by atoms with E-state index in [-0.39, 0.29) is 6.29 Å². The fourth-order valence-electron chi connectivity index (χ4n) is 3.52. The smallest absolute Gasteiger partial charge is 0.199 e. The Kier molecular flexibility index (Phi) is 10.8. The predicted molar refractivity (Wildman–Crippen MR) is 121 cm³/mol. The molecular formula is C25H36N2O4. The summed E-state index contributed by atoms with van der Waals surface area (Å²) in [5.74, 6) is 1.57. The van der Waals surface area contributed by atoms with Crippen molar-refractivity contribution in [3.8, 4) is 17.1 Å². The maximum absolute atomic E-state index is 5.89. The van der Waals surface area contributed by atoms with Gasteiger partial charge in [0.2, 0.25) is 0 Å². The number of ether oxygens (including phenoxy) is 4. The van der Waals surface area contributed by atoms with E-state index in [1.54, 1.807) is 0 Å². The summed E-state index contributed by atoms with van der Waals surface area (Å²) >= 11 is 0. The molecule has 0 N–H and O–H groups in total. The lowest BCUT2D eigenvalue weighted by Crippen LogP contribution is -2.24. The molecule has 31 heavy (non-hydrogen) atoms. The molecule has 0 radical (unpaired) electrons. The van der Waals surface area contributed by atoms with Gasteiger partial charge in [0.1, 0.15) is 5.75 Å². The van der Waals surface area contributed by atoms with Crippen molar-refractivity contribution < 1.29 is 18.9 Å². The summed E-state index contributed by atoms with van der Waals surface area (Å²) in [5.41, 5.74) is 2.18. The SMILES string of the molecule is CCOCCOCCCCCCc1cnc(-c2ccc(OC3CCCCO3)cc2)nc1. The van der Waals surface area contributed by atoms with Gasteiger partial charge in [-0.3, -0.25) is 0 Å². The van der Waals surface area contributed by atoms with Crippen LogP contribution < -0.4 is 4.74 Å². The van der Waals surface area contributed by atoms with E-state index in [0.29, 0.717) is 13.2 Å². The third-order valence-corrected chi connectivity index (χ3v) is 5.30. The van der Waals surface area contributed by atoms with Crippen LogP contribution in [0.1, 0.15) is 57.4 Å². The van der Waals surface area contributed by atoms with Gasteiger partial charge < -0.3 is 18.9 Å². The summed E-state index contributed by atoms with van der Waals surface area (Å²) in [6.45, 7) is 5.75. The van der Waals surface area contributed by atoms with Crippen LogP contribution >= 0.6 is 0 Å². The van der Waals surface area contributed by atoms with Crippen LogP contribution in [0.25, 0.3) is 11.4 Å². The third-order valence-electron chi connectivity index (χ3n) is 5.30. The first-order valence-electron chi connectivity index (χ1n) is 11.7. The van der Waals surface area contributed by atoms with Crippen molar-refractivity contribution in [2.24, 2.45) is 0 Å². The fraction of sp³-hybridized carbons (Fsp3) is 0.600. The zero-order valence-electron chi connectivity index (χ0n) is 18.8. The van der Waals surface area contributed by atoms with Gasteiger partial charge in [0.15, 0.2) is 12.1 Å². The molecule has 1 saturated heterocycles. The van der Waals surface area contributed by atoms with Crippen molar-refractivity contribution in [3.05, 3.63) is 42.2 Å². The van der Waals surface area contributed by atoms with Crippen LogP contribution in [0.15, 0.2) is 36.7 Å². The van der Waals surface area contributed by atoms with E-state index in [4.69, 9.17) is 18.9 Å². The van der Waals surface area contributed by atoms with Gasteiger partial charge >= 0.3 is 0 Å². The first-order chi connectivity index (χ1) is 15.3. The molecule has 1 aliphatic rings. The molecule has 1 unspecified atom stereocenters. The molecule has 1 atom stereocenters. The largest absolute Gasteiger partial charge is 0.465 e. The molecule has 0 aliphatic carbocycles. The zero-order valence-corrected chi connectivity index (χ0v) is 18.8. The van der Waals surface area contributed by atoms with Crippen LogP contribution in [0.4, 0.5) is 0 Å². The number of rotatable bonds is 14. The van der Waals surface area contributed by atoms with Gasteiger partial charge in [-0.05, 0) is 68.9 Å². The summed E-state index contributed by atoms with van der Waals surface area (Å²) < 4.78 is 22.3. The topological polar surface area (TPSA) is 62.7 Å². The quantitative estimate of drug-likeness (QED) is 0.385. The molecule has 1 aliphatic heterocycles. The van der Waals surface area contributed by atoms with E-state index in [1.165, 1.54) is 18.4 Å². The molecular weight excluding hydrogens is 392 g/mol. The van der Waals surface area contributed by atoms with Gasteiger partial charge in [0.25, 0.3) is 0 Å². The number of aryl methyl sites for hydroxylation is 1. The minimum atomic E-state index is -0.122. The lowest BCUT2D eigenvalue weighted by molar-refractivity contribution is -0.105. The highest BCUT2D eigenvalue weighted by Crippen LogP contribution is 2.23. The second-order valence-corrected chi connectivity index (χ2v) is 7.83. The second kappa shape index (κ2) is 14.1. The molecule has 1 aromatic heterocycles. The Morgan fingerprint density at radius 2 is 1.68 bits per heavy atom. The average molecular weight is 429 g/mol. The summed E-state index contributed by atoms with van der Waals surface area (Å²) in [6.07, 6.45) is 12.7. The Morgan fingerprint density at radius 1 is 0.903 bits per heavy atom. The van der Waals surface area contributed by atoms with Crippen molar-refractivity contribution in [3.63, 3.8) is 0 Å². The van der Waals surface area contributed by atoms with E-state index in [0.717, 1.165) is 75.5 Å². The van der Waals surface area contributed by atoms with Crippen molar-refractivity contribution in [2.45, 2.75) is 64.6 Å². The molecule has 0 amide bonds. The molecule has 2 aromatic rings. The number of nitrogens with zero attached hydrogens (tertiary/aromatic N) is 2. The molecule has 0 saturated carbocycles. The van der Waals surface area contributed by atoms with Crippen LogP contribution in [0, 0.1) is 0 Å². The van der Waals surface area contributed by atoms with Gasteiger partial charge in [-0.2, -0.15) is 0 Å². The number of benzene rings is 1. The molecule has 2 heterocycles. The Hall–Kier alpha value is -2.02. The standard InChI is InChI=1S/C25H36N2O4/c1-2-28-17-18-29-15-7-4-3-5-9-21-19-26-25(27-20-21)22-11-13-23(14-12-22)31-24-10-6-8-16-30-24/h11-14,19-20,24H,2-10,15-18H2,1H3. The normalized spacial score (nSPS) is 16.4. The van der Waals surface area contributed by atoms with E-state index < -0.39 is 0 Å². The van der Waals surface area contributed by atoms with Crippen LogP contribution in [0.3, 0.4) is 0 Å². The first-order valence-corrected chi connectivity index (χ1v) is 11.7. The van der Waals surface area contributed by atoms with Crippen LogP contribution in [0.5, 0.6) is 5.75 Å². The highest BCUT2D eigenvalue weighted by molar-refractivity contribution is 5.55. The Balaban J connectivity index is 1.32. The summed E-state index contributed by atoms with van der Waals surface area (Å²) in [4.78, 5) is 9.10. The van der Waals surface area contributed by atoms with E-state index in [9.17, 15) is 0 Å². The van der Waals surface area contributed by atoms with Gasteiger partial charge in [-0.25, -0.2) is 9.97 Å². The fourth-order valence-corrected chi connectivity index (χ4v) is 3.52. The molecule has 1 fully saturated rings. The maximum Gasteiger partial charge on any atom is 0.199 e. The molecule has 0 spiro atoms. The maximum atomic E-state index is 5.89. The molecule has 1 aromatic carbocycles. The van der Waals surface area contributed by atoms with Crippen molar-refractivity contribution in [2.75, 3.05) is 33.0 Å². The van der Waals surface area contributed by atoms with Crippen molar-refractivity contribution in [1.29, 1.82) is 0 Å². The lowest BCUT2D eigenvalue weighted by Gasteiger charge is -2.23. The van der Waals surface area contributed by atoms with Crippen LogP contribution in [-0.4, -0.2) is 49.3 Å². The molecule has 6 nitrogen and oxygen atoms in total. The predicted octanol–water partition coefficient (Wildman–Crippen LogP) is 5.21. The number of unbranched alkanes of at least 4 members (excludes halogenated alkanes) is 3. The summed E-state index contributed by atoms with van der Waals surface area (Å²) in [7, 11) is 0. The van der Waals surface area contributed by atoms with Gasteiger partial charge in [0, 0.05) is 37.6 Å². The Bertz CT molecular complexity index is 715. The van der Waals surface area contributed by atoms with Gasteiger partial charge in [-0.1, -0.05) is 12.8 Å². The molecule has 0 bridgehead atoms. The molecule has 6 heteroatoms. The second-order valence-electron chi connectivity index (χ2n) is 7.83.